The van der Waals surface area contributed by atoms with Gasteiger partial charge in [-0.25, -0.2) is 0 Å². The van der Waals surface area contributed by atoms with Crippen LogP contribution in [0.3, 0.4) is 0 Å². The van der Waals surface area contributed by atoms with Gasteiger partial charge in [0.25, 0.3) is 0 Å². The molecule has 2 atom stereocenters. The number of hydrogen-bond donors (Lipinski definition) is 1. The minimum absolute atomic E-state index is 0.541. The largest absolute Gasteiger partial charge is 0.382 e. The number of ether oxygens (including phenoxy) is 1. The van der Waals surface area contributed by atoms with Gasteiger partial charge in [-0.15, -0.1) is 0 Å². The molecule has 2 rings (SSSR count). The molecule has 0 saturated carbocycles. The average molecular weight is 247 g/mol. The van der Waals surface area contributed by atoms with Gasteiger partial charge >= 0.3 is 0 Å². The Labute approximate surface area is 111 Å². The van der Waals surface area contributed by atoms with Crippen molar-refractivity contribution < 1.29 is 4.74 Å². The Morgan fingerprint density at radius 3 is 2.78 bits per heavy atom. The molecule has 100 valence electrons. The zero-order valence-corrected chi connectivity index (χ0v) is 11.6. The number of benzene rings is 1. The van der Waals surface area contributed by atoms with Crippen molar-refractivity contribution in [2.45, 2.75) is 45.1 Å². The second-order valence-corrected chi connectivity index (χ2v) is 5.16. The molecule has 2 nitrogen and oxygen atoms in total. The topological polar surface area (TPSA) is 21.3 Å². The average Bonchev–Trinajstić information content (AvgIpc) is 2.41. The van der Waals surface area contributed by atoms with E-state index < -0.39 is 0 Å². The highest BCUT2D eigenvalue weighted by molar-refractivity contribution is 5.34. The van der Waals surface area contributed by atoms with E-state index in [1.54, 1.807) is 0 Å². The first-order valence-corrected chi connectivity index (χ1v) is 7.23. The molecule has 1 aliphatic carbocycles. The molecule has 1 aromatic rings. The molecule has 18 heavy (non-hydrogen) atoms. The van der Waals surface area contributed by atoms with Gasteiger partial charge in [0.1, 0.15) is 0 Å². The molecule has 0 bridgehead atoms. The molecule has 0 amide bonds. The molecule has 0 spiro atoms. The van der Waals surface area contributed by atoms with E-state index in [0.29, 0.717) is 12.0 Å². The zero-order chi connectivity index (χ0) is 12.8. The Morgan fingerprint density at radius 1 is 1.22 bits per heavy atom. The van der Waals surface area contributed by atoms with Crippen molar-refractivity contribution in [3.05, 3.63) is 35.4 Å². The summed E-state index contributed by atoms with van der Waals surface area (Å²) in [5.74, 6) is 0.711. The molecule has 0 fully saturated rings. The van der Waals surface area contributed by atoms with E-state index in [-0.39, 0.29) is 0 Å². The summed E-state index contributed by atoms with van der Waals surface area (Å²) >= 11 is 0. The van der Waals surface area contributed by atoms with Gasteiger partial charge in [0.05, 0.1) is 0 Å². The third-order valence-electron chi connectivity index (χ3n) is 3.85. The van der Waals surface area contributed by atoms with Gasteiger partial charge in [0.2, 0.25) is 0 Å². The lowest BCUT2D eigenvalue weighted by Crippen LogP contribution is -2.27. The molecular formula is C16H25NO. The Hall–Kier alpha value is -0.860. The normalized spacial score (nSPS) is 22.8. The summed E-state index contributed by atoms with van der Waals surface area (Å²) in [6, 6.07) is 9.43. The highest BCUT2D eigenvalue weighted by Crippen LogP contribution is 2.36. The third-order valence-corrected chi connectivity index (χ3v) is 3.85. The standard InChI is InChI=1S/C16H25NO/c1-3-18-12-6-11-17-16-10-9-13(2)14-7-4-5-8-15(14)16/h4-5,7-8,13,16-17H,3,6,9-12H2,1-2H3. The maximum absolute atomic E-state index is 5.37. The predicted octanol–water partition coefficient (Wildman–Crippen LogP) is 3.64. The molecule has 1 aliphatic rings. The molecule has 0 saturated heterocycles. The summed E-state index contributed by atoms with van der Waals surface area (Å²) in [7, 11) is 0. The lowest BCUT2D eigenvalue weighted by molar-refractivity contribution is 0.144. The number of fused-ring (bicyclic) bond motifs is 1. The van der Waals surface area contributed by atoms with Gasteiger partial charge in [-0.3, -0.25) is 0 Å². The number of rotatable bonds is 6. The maximum atomic E-state index is 5.37. The highest BCUT2D eigenvalue weighted by atomic mass is 16.5. The molecular weight excluding hydrogens is 222 g/mol. The molecule has 1 N–H and O–H groups in total. The highest BCUT2D eigenvalue weighted by Gasteiger charge is 2.23. The van der Waals surface area contributed by atoms with E-state index in [1.165, 1.54) is 24.0 Å². The van der Waals surface area contributed by atoms with Crippen molar-refractivity contribution in [1.29, 1.82) is 0 Å². The van der Waals surface area contributed by atoms with Crippen molar-refractivity contribution in [3.8, 4) is 0 Å². The first-order chi connectivity index (χ1) is 8.83. The number of nitrogens with one attached hydrogen (secondary N) is 1. The summed E-state index contributed by atoms with van der Waals surface area (Å²) < 4.78 is 5.37. The molecule has 0 aromatic heterocycles. The lowest BCUT2D eigenvalue weighted by atomic mass is 9.81. The fraction of sp³-hybridized carbons (Fsp3) is 0.625. The second kappa shape index (κ2) is 6.91. The quantitative estimate of drug-likeness (QED) is 0.775. The molecule has 2 unspecified atom stereocenters. The van der Waals surface area contributed by atoms with Crippen LogP contribution in [-0.2, 0) is 4.74 Å². The summed E-state index contributed by atoms with van der Waals surface area (Å²) in [6.07, 6.45) is 3.65. The van der Waals surface area contributed by atoms with Crippen LogP contribution in [0.25, 0.3) is 0 Å². The maximum Gasteiger partial charge on any atom is 0.0477 e. The lowest BCUT2D eigenvalue weighted by Gasteiger charge is -2.30. The Balaban J connectivity index is 1.89. The molecule has 0 radical (unpaired) electrons. The van der Waals surface area contributed by atoms with Gasteiger partial charge in [0, 0.05) is 19.3 Å². The molecule has 1 aromatic carbocycles. The van der Waals surface area contributed by atoms with Crippen LogP contribution in [0.15, 0.2) is 24.3 Å². The monoisotopic (exact) mass is 247 g/mol. The second-order valence-electron chi connectivity index (χ2n) is 5.16. The Morgan fingerprint density at radius 2 is 2.00 bits per heavy atom. The van der Waals surface area contributed by atoms with Gasteiger partial charge < -0.3 is 10.1 Å². The predicted molar refractivity (Wildman–Crippen MR) is 75.9 cm³/mol. The van der Waals surface area contributed by atoms with Crippen LogP contribution in [-0.4, -0.2) is 19.8 Å². The Bertz CT molecular complexity index is 364. The van der Waals surface area contributed by atoms with Crippen LogP contribution >= 0.6 is 0 Å². The van der Waals surface area contributed by atoms with Crippen LogP contribution in [0.1, 0.15) is 56.2 Å². The van der Waals surface area contributed by atoms with Crippen molar-refractivity contribution >= 4 is 0 Å². The summed E-state index contributed by atoms with van der Waals surface area (Å²) in [5, 5.41) is 3.68. The fourth-order valence-electron chi connectivity index (χ4n) is 2.81. The first kappa shape index (κ1) is 13.6. The van der Waals surface area contributed by atoms with Gasteiger partial charge in [-0.2, -0.15) is 0 Å². The van der Waals surface area contributed by atoms with Gasteiger partial charge in [-0.1, -0.05) is 31.2 Å². The zero-order valence-electron chi connectivity index (χ0n) is 11.6. The summed E-state index contributed by atoms with van der Waals surface area (Å²) in [4.78, 5) is 0. The number of hydrogen-bond acceptors (Lipinski definition) is 2. The van der Waals surface area contributed by atoms with Crippen LogP contribution in [0.4, 0.5) is 0 Å². The van der Waals surface area contributed by atoms with Crippen LogP contribution in [0.2, 0.25) is 0 Å². The van der Waals surface area contributed by atoms with E-state index in [0.717, 1.165) is 26.2 Å². The van der Waals surface area contributed by atoms with Crippen molar-refractivity contribution in [1.82, 2.24) is 5.32 Å². The van der Waals surface area contributed by atoms with Gasteiger partial charge in [-0.05, 0) is 49.8 Å². The minimum atomic E-state index is 0.541. The SMILES string of the molecule is CCOCCCNC1CCC(C)c2ccccc21. The van der Waals surface area contributed by atoms with E-state index in [1.807, 2.05) is 6.92 Å². The van der Waals surface area contributed by atoms with E-state index >= 15 is 0 Å². The van der Waals surface area contributed by atoms with Crippen LogP contribution in [0, 0.1) is 0 Å². The minimum Gasteiger partial charge on any atom is -0.382 e. The van der Waals surface area contributed by atoms with Gasteiger partial charge in [0.15, 0.2) is 0 Å². The van der Waals surface area contributed by atoms with Crippen LogP contribution in [0.5, 0.6) is 0 Å². The molecule has 0 heterocycles. The molecule has 2 heteroatoms. The fourth-order valence-corrected chi connectivity index (χ4v) is 2.81. The summed E-state index contributed by atoms with van der Waals surface area (Å²) in [6.45, 7) is 7.13. The third kappa shape index (κ3) is 3.33. The first-order valence-electron chi connectivity index (χ1n) is 7.23. The van der Waals surface area contributed by atoms with E-state index in [4.69, 9.17) is 4.74 Å². The van der Waals surface area contributed by atoms with Crippen molar-refractivity contribution in [2.75, 3.05) is 19.8 Å². The smallest absolute Gasteiger partial charge is 0.0477 e. The van der Waals surface area contributed by atoms with E-state index in [9.17, 15) is 0 Å². The van der Waals surface area contributed by atoms with E-state index in [2.05, 4.69) is 36.5 Å². The van der Waals surface area contributed by atoms with Crippen LogP contribution < -0.4 is 5.32 Å². The Kier molecular flexibility index (Phi) is 5.21. The van der Waals surface area contributed by atoms with Crippen molar-refractivity contribution in [2.24, 2.45) is 0 Å². The molecule has 0 aliphatic heterocycles. The summed E-state index contributed by atoms with van der Waals surface area (Å²) in [5.41, 5.74) is 3.04. The van der Waals surface area contributed by atoms with Crippen molar-refractivity contribution in [3.63, 3.8) is 0 Å².